The molecule has 0 aliphatic carbocycles. The second kappa shape index (κ2) is 14.4. The van der Waals surface area contributed by atoms with E-state index in [0.29, 0.717) is 17.3 Å². The Morgan fingerprint density at radius 3 is 1.94 bits per heavy atom. The van der Waals surface area contributed by atoms with Gasteiger partial charge in [-0.15, -0.1) is 0 Å². The third kappa shape index (κ3) is 8.36. The van der Waals surface area contributed by atoms with Crippen molar-refractivity contribution in [2.75, 3.05) is 19.1 Å². The predicted molar refractivity (Wildman–Crippen MR) is 187 cm³/mol. The van der Waals surface area contributed by atoms with E-state index < -0.39 is 37.9 Å². The Labute approximate surface area is 285 Å². The number of carbonyl (C=O) groups is 3. The first kappa shape index (κ1) is 36.5. The smallest absolute Gasteiger partial charge is 0.416 e. The number of amides is 2. The van der Waals surface area contributed by atoms with Crippen molar-refractivity contribution in [2.24, 2.45) is 5.92 Å². The number of aromatic nitrogens is 1. The Balaban J connectivity index is 1.61. The monoisotopic (exact) mass is 675 g/mol. The summed E-state index contributed by atoms with van der Waals surface area (Å²) in [7, 11) is 0.764. The number of ether oxygens (including phenoxy) is 4. The standard InChI is InChI=1S/C37H49N3O7Si/c1-36(2,3)47-35(43)39(23-25-11-15-28(44-7)16-12-25)31-22-27(19-20-38-31)21-30-32(40(33(30)41)48(9,10)37(4,5)6)34(42)46-24-26-13-17-29(45-8)18-14-26/h11-20,22,30,32H,21,23-24H2,1-10H3/t30?,32-/m0/s1. The van der Waals surface area contributed by atoms with Crippen LogP contribution in [-0.2, 0) is 38.6 Å². The Kier molecular flexibility index (Phi) is 10.9. The molecule has 48 heavy (non-hydrogen) atoms. The first-order valence-corrected chi connectivity index (χ1v) is 19.1. The van der Waals surface area contributed by atoms with Gasteiger partial charge in [-0.1, -0.05) is 58.1 Å². The second-order valence-electron chi connectivity index (χ2n) is 14.7. The molecule has 1 fully saturated rings. The van der Waals surface area contributed by atoms with Gasteiger partial charge in [0.05, 0.1) is 26.7 Å². The minimum absolute atomic E-state index is 0.0615. The number of hydrogen-bond acceptors (Lipinski definition) is 8. The molecule has 3 aromatic rings. The van der Waals surface area contributed by atoms with Gasteiger partial charge in [-0.2, -0.15) is 0 Å². The molecule has 258 valence electrons. The third-order valence-corrected chi connectivity index (χ3v) is 14.5. The summed E-state index contributed by atoms with van der Waals surface area (Å²) in [5.41, 5.74) is 1.72. The van der Waals surface area contributed by atoms with E-state index in [4.69, 9.17) is 18.9 Å². The molecule has 2 aromatic carbocycles. The van der Waals surface area contributed by atoms with Gasteiger partial charge in [0, 0.05) is 6.20 Å². The number of methoxy groups -OCH3 is 2. The van der Waals surface area contributed by atoms with E-state index >= 15 is 0 Å². The fraction of sp³-hybridized carbons (Fsp3) is 0.459. The number of anilines is 1. The van der Waals surface area contributed by atoms with Crippen molar-refractivity contribution < 1.29 is 33.3 Å². The predicted octanol–water partition coefficient (Wildman–Crippen LogP) is 7.16. The molecule has 0 radical (unpaired) electrons. The Morgan fingerprint density at radius 2 is 1.42 bits per heavy atom. The number of benzene rings is 2. The number of esters is 1. The fourth-order valence-corrected chi connectivity index (χ4v) is 7.84. The number of β-lactam (4-membered cyclic amide) rings is 1. The van der Waals surface area contributed by atoms with Crippen LogP contribution in [0.2, 0.25) is 18.1 Å². The molecule has 0 bridgehead atoms. The van der Waals surface area contributed by atoms with E-state index in [2.05, 4.69) is 38.8 Å². The highest BCUT2D eigenvalue weighted by molar-refractivity contribution is 6.80. The van der Waals surface area contributed by atoms with Gasteiger partial charge in [-0.3, -0.25) is 9.69 Å². The molecular weight excluding hydrogens is 627 g/mol. The quantitative estimate of drug-likeness (QED) is 0.120. The van der Waals surface area contributed by atoms with Crippen LogP contribution >= 0.6 is 0 Å². The van der Waals surface area contributed by atoms with Crippen molar-refractivity contribution in [3.05, 3.63) is 83.6 Å². The topological polar surface area (TPSA) is 108 Å². The number of carbonyl (C=O) groups excluding carboxylic acids is 3. The van der Waals surface area contributed by atoms with Gasteiger partial charge in [0.25, 0.3) is 0 Å². The molecule has 2 amide bonds. The molecule has 0 saturated carbocycles. The molecule has 1 aromatic heterocycles. The molecule has 1 aliphatic heterocycles. The van der Waals surface area contributed by atoms with Gasteiger partial charge in [0.15, 0.2) is 8.24 Å². The molecule has 2 atom stereocenters. The van der Waals surface area contributed by atoms with Crippen LogP contribution < -0.4 is 14.4 Å². The third-order valence-electron chi connectivity index (χ3n) is 9.09. The molecule has 1 saturated heterocycles. The van der Waals surface area contributed by atoms with Crippen molar-refractivity contribution in [3.8, 4) is 11.5 Å². The van der Waals surface area contributed by atoms with Crippen LogP contribution in [0.3, 0.4) is 0 Å². The largest absolute Gasteiger partial charge is 0.497 e. The summed E-state index contributed by atoms with van der Waals surface area (Å²) in [6.45, 7) is 16.3. The normalized spacial score (nSPS) is 16.5. The minimum atomic E-state index is -2.43. The zero-order chi connectivity index (χ0) is 35.4. The van der Waals surface area contributed by atoms with Crippen LogP contribution in [0.4, 0.5) is 10.6 Å². The summed E-state index contributed by atoms with van der Waals surface area (Å²) in [5.74, 6) is 0.693. The van der Waals surface area contributed by atoms with E-state index in [0.717, 1.165) is 16.7 Å². The van der Waals surface area contributed by atoms with Gasteiger partial charge in [0.2, 0.25) is 5.91 Å². The maximum atomic E-state index is 13.9. The molecule has 2 heterocycles. The Morgan fingerprint density at radius 1 is 0.854 bits per heavy atom. The van der Waals surface area contributed by atoms with Crippen LogP contribution in [0.25, 0.3) is 0 Å². The van der Waals surface area contributed by atoms with Crippen LogP contribution in [0.15, 0.2) is 66.9 Å². The lowest BCUT2D eigenvalue weighted by Crippen LogP contribution is -2.75. The van der Waals surface area contributed by atoms with Crippen molar-refractivity contribution in [2.45, 2.75) is 90.9 Å². The highest BCUT2D eigenvalue weighted by Gasteiger charge is 2.60. The van der Waals surface area contributed by atoms with Gasteiger partial charge in [-0.25, -0.2) is 14.6 Å². The lowest BCUT2D eigenvalue weighted by molar-refractivity contribution is -0.168. The van der Waals surface area contributed by atoms with Gasteiger partial charge in [-0.05, 0) is 85.3 Å². The van der Waals surface area contributed by atoms with Crippen molar-refractivity contribution in [3.63, 3.8) is 0 Å². The summed E-state index contributed by atoms with van der Waals surface area (Å²) in [6, 6.07) is 17.6. The van der Waals surface area contributed by atoms with Gasteiger partial charge < -0.3 is 23.5 Å². The maximum Gasteiger partial charge on any atom is 0.416 e. The van der Waals surface area contributed by atoms with Gasteiger partial charge >= 0.3 is 12.1 Å². The molecule has 0 spiro atoms. The van der Waals surface area contributed by atoms with E-state index in [-0.39, 0.29) is 30.5 Å². The molecule has 1 aliphatic rings. The number of pyridine rings is 1. The molecule has 0 N–H and O–H groups in total. The first-order chi connectivity index (χ1) is 22.4. The Bertz CT molecular complexity index is 1590. The van der Waals surface area contributed by atoms with Crippen molar-refractivity contribution in [1.29, 1.82) is 0 Å². The molecule has 10 nitrogen and oxygen atoms in total. The van der Waals surface area contributed by atoms with Crippen LogP contribution in [0, 0.1) is 5.92 Å². The summed E-state index contributed by atoms with van der Waals surface area (Å²) < 4.78 is 23.9. The lowest BCUT2D eigenvalue weighted by atomic mass is 9.85. The van der Waals surface area contributed by atoms with Gasteiger partial charge in [0.1, 0.15) is 35.6 Å². The van der Waals surface area contributed by atoms with E-state index in [1.54, 1.807) is 26.5 Å². The average molecular weight is 676 g/mol. The van der Waals surface area contributed by atoms with Crippen LogP contribution in [0.5, 0.6) is 11.5 Å². The fourth-order valence-electron chi connectivity index (χ4n) is 5.42. The zero-order valence-corrected chi connectivity index (χ0v) is 30.8. The van der Waals surface area contributed by atoms with Crippen LogP contribution in [0.1, 0.15) is 58.2 Å². The highest BCUT2D eigenvalue weighted by Crippen LogP contribution is 2.46. The summed E-state index contributed by atoms with van der Waals surface area (Å²) in [4.78, 5) is 47.2. The molecule has 4 rings (SSSR count). The molecule has 11 heteroatoms. The van der Waals surface area contributed by atoms with Crippen LogP contribution in [-0.4, -0.2) is 61.6 Å². The summed E-state index contributed by atoms with van der Waals surface area (Å²) in [6.07, 6.45) is 1.35. The molecular formula is C37H49N3O7Si. The van der Waals surface area contributed by atoms with E-state index in [1.807, 2.05) is 79.9 Å². The van der Waals surface area contributed by atoms with E-state index in [9.17, 15) is 14.4 Å². The summed E-state index contributed by atoms with van der Waals surface area (Å²) in [5, 5.41) is -0.179. The maximum absolute atomic E-state index is 13.9. The van der Waals surface area contributed by atoms with E-state index in [1.165, 1.54) is 4.90 Å². The van der Waals surface area contributed by atoms with Crippen molar-refractivity contribution in [1.82, 2.24) is 9.55 Å². The minimum Gasteiger partial charge on any atom is -0.497 e. The zero-order valence-electron chi connectivity index (χ0n) is 29.8. The van der Waals surface area contributed by atoms with Crippen molar-refractivity contribution >= 4 is 32.0 Å². The number of rotatable bonds is 11. The average Bonchev–Trinajstić information content (AvgIpc) is 3.02. The summed E-state index contributed by atoms with van der Waals surface area (Å²) >= 11 is 0. The SMILES string of the molecule is COc1ccc(COC(=O)[C@@H]2C(Cc3ccnc(N(Cc4ccc(OC)cc4)C(=O)OC(C)(C)C)c3)C(=O)N2[Si](C)(C)C(C)(C)C)cc1. The lowest BCUT2D eigenvalue weighted by Gasteiger charge is -2.57. The highest BCUT2D eigenvalue weighted by atomic mass is 28.3. The number of nitrogens with zero attached hydrogens (tertiary/aromatic N) is 3. The Hall–Kier alpha value is -4.38. The first-order valence-electron chi connectivity index (χ1n) is 16.2. The second-order valence-corrected chi connectivity index (χ2v) is 19.8. The molecule has 1 unspecified atom stereocenters. The number of hydrogen-bond donors (Lipinski definition) is 0.